The maximum absolute atomic E-state index is 10.8. The van der Waals surface area contributed by atoms with E-state index in [-0.39, 0.29) is 11.2 Å². The normalized spacial score (nSPS) is 19.9. The molecule has 8 heteroatoms. The smallest absolute Gasteiger partial charge is 0.264 e. The number of rotatable bonds is 8. The molecule has 0 amide bonds. The van der Waals surface area contributed by atoms with Crippen LogP contribution in [0.5, 0.6) is 0 Å². The third kappa shape index (κ3) is 5.31. The van der Waals surface area contributed by atoms with Crippen LogP contribution in [0.3, 0.4) is 0 Å². The van der Waals surface area contributed by atoms with Crippen molar-refractivity contribution in [1.29, 1.82) is 0 Å². The summed E-state index contributed by atoms with van der Waals surface area (Å²) in [5.74, 6) is 1.21. The quantitative estimate of drug-likeness (QED) is 0.560. The van der Waals surface area contributed by atoms with Crippen molar-refractivity contribution >= 4 is 10.1 Å². The molecule has 1 saturated carbocycles. The van der Waals surface area contributed by atoms with Crippen LogP contribution in [0.25, 0.3) is 0 Å². The first-order chi connectivity index (χ1) is 10.4. The van der Waals surface area contributed by atoms with Crippen LogP contribution >= 0.6 is 0 Å². The average Bonchev–Trinajstić information content (AvgIpc) is 2.99. The van der Waals surface area contributed by atoms with E-state index in [1.54, 1.807) is 0 Å². The van der Waals surface area contributed by atoms with Gasteiger partial charge in [-0.05, 0) is 25.2 Å². The summed E-state index contributed by atoms with van der Waals surface area (Å²) in [7, 11) is -3.87. The molecule has 1 aliphatic rings. The van der Waals surface area contributed by atoms with Gasteiger partial charge in [-0.25, -0.2) is 0 Å². The number of nitrogens with one attached hydrogen (secondary N) is 1. The van der Waals surface area contributed by atoms with Crippen LogP contribution in [0.1, 0.15) is 70.5 Å². The lowest BCUT2D eigenvalue weighted by molar-refractivity contribution is 0.246. The first-order valence-electron chi connectivity index (χ1n) is 8.08. The molecule has 0 saturated heterocycles. The Morgan fingerprint density at radius 1 is 1.27 bits per heavy atom. The first-order valence-corrected chi connectivity index (χ1v) is 9.69. The molecular formula is C14H26N4O3S. The standard InChI is InChI=1S/C14H26N4O3S/c1-14(13-15-17-18-16-13,9-5-6-10-22(19,20)21)11-12-7-3-2-4-8-12/h12H,2-11H2,1H3,(H,19,20,21)(H,15,16,17,18). The van der Waals surface area contributed by atoms with Gasteiger partial charge in [-0.15, -0.1) is 10.2 Å². The van der Waals surface area contributed by atoms with Gasteiger partial charge in [-0.3, -0.25) is 4.55 Å². The highest BCUT2D eigenvalue weighted by Crippen LogP contribution is 2.38. The van der Waals surface area contributed by atoms with E-state index >= 15 is 0 Å². The summed E-state index contributed by atoms with van der Waals surface area (Å²) in [6.07, 6.45) is 9.39. The summed E-state index contributed by atoms with van der Waals surface area (Å²) in [5, 5.41) is 14.5. The molecule has 1 aromatic heterocycles. The van der Waals surface area contributed by atoms with Crippen LogP contribution in [-0.4, -0.2) is 39.3 Å². The second-order valence-corrected chi connectivity index (χ2v) is 8.32. The van der Waals surface area contributed by atoms with Gasteiger partial charge >= 0.3 is 0 Å². The van der Waals surface area contributed by atoms with E-state index in [0.29, 0.717) is 18.2 Å². The topological polar surface area (TPSA) is 109 Å². The van der Waals surface area contributed by atoms with E-state index < -0.39 is 10.1 Å². The number of tetrazole rings is 1. The highest BCUT2D eigenvalue weighted by atomic mass is 32.2. The third-order valence-electron chi connectivity index (χ3n) is 4.73. The Kier molecular flexibility index (Phi) is 5.91. The molecule has 7 nitrogen and oxygen atoms in total. The van der Waals surface area contributed by atoms with Crippen molar-refractivity contribution in [2.75, 3.05) is 5.75 Å². The van der Waals surface area contributed by atoms with Gasteiger partial charge in [0.25, 0.3) is 10.1 Å². The van der Waals surface area contributed by atoms with Crippen LogP contribution in [-0.2, 0) is 15.5 Å². The molecule has 0 aliphatic heterocycles. The van der Waals surface area contributed by atoms with Gasteiger partial charge in [-0.2, -0.15) is 13.6 Å². The Bertz CT molecular complexity index is 540. The van der Waals surface area contributed by atoms with Gasteiger partial charge < -0.3 is 0 Å². The highest BCUT2D eigenvalue weighted by molar-refractivity contribution is 7.85. The van der Waals surface area contributed by atoms with Crippen molar-refractivity contribution in [2.24, 2.45) is 5.92 Å². The molecule has 0 spiro atoms. The minimum Gasteiger partial charge on any atom is -0.286 e. The Labute approximate surface area is 132 Å². The van der Waals surface area contributed by atoms with Crippen LogP contribution in [0.2, 0.25) is 0 Å². The number of aromatic amines is 1. The van der Waals surface area contributed by atoms with E-state index in [9.17, 15) is 8.42 Å². The van der Waals surface area contributed by atoms with Gasteiger partial charge in [0.15, 0.2) is 5.82 Å². The molecule has 2 rings (SSSR count). The fourth-order valence-electron chi connectivity index (χ4n) is 3.55. The Morgan fingerprint density at radius 2 is 2.00 bits per heavy atom. The molecule has 1 aliphatic carbocycles. The number of H-pyrrole nitrogens is 1. The monoisotopic (exact) mass is 330 g/mol. The van der Waals surface area contributed by atoms with Crippen molar-refractivity contribution in [2.45, 2.75) is 70.1 Å². The van der Waals surface area contributed by atoms with Crippen LogP contribution in [0.15, 0.2) is 0 Å². The molecule has 0 aromatic carbocycles. The summed E-state index contributed by atoms with van der Waals surface area (Å²) >= 11 is 0. The van der Waals surface area contributed by atoms with Crippen molar-refractivity contribution < 1.29 is 13.0 Å². The Balaban J connectivity index is 1.96. The largest absolute Gasteiger partial charge is 0.286 e. The van der Waals surface area contributed by atoms with Crippen LogP contribution in [0, 0.1) is 5.92 Å². The summed E-state index contributed by atoms with van der Waals surface area (Å²) in [6.45, 7) is 2.14. The zero-order valence-corrected chi connectivity index (χ0v) is 14.0. The minimum absolute atomic E-state index is 0.182. The average molecular weight is 330 g/mol. The molecule has 1 unspecified atom stereocenters. The Hall–Kier alpha value is -1.02. The number of hydrogen-bond acceptors (Lipinski definition) is 5. The first kappa shape index (κ1) is 17.3. The minimum atomic E-state index is -3.87. The van der Waals surface area contributed by atoms with E-state index in [1.807, 2.05) is 0 Å². The van der Waals surface area contributed by atoms with E-state index in [0.717, 1.165) is 19.3 Å². The molecule has 0 radical (unpaired) electrons. The molecule has 126 valence electrons. The van der Waals surface area contributed by atoms with Gasteiger partial charge in [-0.1, -0.05) is 50.7 Å². The maximum atomic E-state index is 10.8. The molecule has 1 aromatic rings. The van der Waals surface area contributed by atoms with Crippen molar-refractivity contribution in [3.05, 3.63) is 5.82 Å². The van der Waals surface area contributed by atoms with E-state index in [2.05, 4.69) is 27.5 Å². The van der Waals surface area contributed by atoms with Crippen LogP contribution in [0.4, 0.5) is 0 Å². The lowest BCUT2D eigenvalue weighted by Gasteiger charge is -2.32. The lowest BCUT2D eigenvalue weighted by Crippen LogP contribution is -2.28. The fourth-order valence-corrected chi connectivity index (χ4v) is 4.12. The number of unbranched alkanes of at least 4 members (excludes halogenated alkanes) is 1. The SMILES string of the molecule is CC(CCCCS(=O)(=O)O)(CC1CCCCC1)c1nn[nH]n1. The second-order valence-electron chi connectivity index (χ2n) is 6.75. The van der Waals surface area contributed by atoms with Gasteiger partial charge in [0.2, 0.25) is 0 Å². The predicted molar refractivity (Wildman–Crippen MR) is 83.0 cm³/mol. The fraction of sp³-hybridized carbons (Fsp3) is 0.929. The number of nitrogens with zero attached hydrogens (tertiary/aromatic N) is 3. The molecule has 22 heavy (non-hydrogen) atoms. The molecule has 1 fully saturated rings. The number of hydrogen-bond donors (Lipinski definition) is 2. The van der Waals surface area contributed by atoms with E-state index in [1.165, 1.54) is 32.1 Å². The third-order valence-corrected chi connectivity index (χ3v) is 5.53. The summed E-state index contributed by atoms with van der Waals surface area (Å²) in [6, 6.07) is 0. The Morgan fingerprint density at radius 3 is 2.59 bits per heavy atom. The summed E-state index contributed by atoms with van der Waals surface area (Å²) in [4.78, 5) is 0. The lowest BCUT2D eigenvalue weighted by atomic mass is 9.72. The molecule has 1 heterocycles. The summed E-state index contributed by atoms with van der Waals surface area (Å²) in [5.41, 5.74) is -0.186. The van der Waals surface area contributed by atoms with E-state index in [4.69, 9.17) is 4.55 Å². The highest BCUT2D eigenvalue weighted by Gasteiger charge is 2.34. The van der Waals surface area contributed by atoms with Crippen molar-refractivity contribution in [3.63, 3.8) is 0 Å². The zero-order chi connectivity index (χ0) is 16.1. The predicted octanol–water partition coefficient (Wildman–Crippen LogP) is 2.49. The second kappa shape index (κ2) is 7.50. The van der Waals surface area contributed by atoms with Crippen molar-refractivity contribution in [1.82, 2.24) is 20.6 Å². The molecule has 0 bridgehead atoms. The molecule has 2 N–H and O–H groups in total. The van der Waals surface area contributed by atoms with Crippen LogP contribution < -0.4 is 0 Å². The maximum Gasteiger partial charge on any atom is 0.264 e. The summed E-state index contributed by atoms with van der Waals surface area (Å²) < 4.78 is 30.5. The van der Waals surface area contributed by atoms with Crippen molar-refractivity contribution in [3.8, 4) is 0 Å². The molecule has 1 atom stereocenters. The zero-order valence-electron chi connectivity index (χ0n) is 13.2. The van der Waals surface area contributed by atoms with Gasteiger partial charge in [0.05, 0.1) is 5.75 Å². The number of aromatic nitrogens is 4. The van der Waals surface area contributed by atoms with Gasteiger partial charge in [0.1, 0.15) is 0 Å². The van der Waals surface area contributed by atoms with Gasteiger partial charge in [0, 0.05) is 5.41 Å². The molecular weight excluding hydrogens is 304 g/mol.